The number of Topliss-reactive ketones (excluding diaryl/α,β-unsaturated/α-hetero) is 1. The Hall–Kier alpha value is -0.870. The van der Waals surface area contributed by atoms with Crippen LogP contribution in [0.3, 0.4) is 0 Å². The van der Waals surface area contributed by atoms with Crippen molar-refractivity contribution in [3.8, 4) is 0 Å². The van der Waals surface area contributed by atoms with Crippen LogP contribution in [0.5, 0.6) is 0 Å². The molecule has 0 aromatic rings. The number of nitrogens with zero attached hydrogens (tertiary/aromatic N) is 1. The zero-order valence-corrected chi connectivity index (χ0v) is 6.90. The van der Waals surface area contributed by atoms with Crippen molar-refractivity contribution in [2.75, 3.05) is 7.05 Å². The molecule has 5 heteroatoms. The molecule has 0 saturated carbocycles. The second kappa shape index (κ2) is 4.23. The van der Waals surface area contributed by atoms with Crippen LogP contribution in [0, 0.1) is 0 Å². The molecule has 0 N–H and O–H groups in total. The molecule has 70 valence electrons. The normalized spacial score (nSPS) is 13.2. The topological polar surface area (TPSA) is 29.4 Å². The predicted molar refractivity (Wildman–Crippen MR) is 39.3 cm³/mol. The lowest BCUT2D eigenvalue weighted by molar-refractivity contribution is -0.132. The summed E-state index contributed by atoms with van der Waals surface area (Å²) in [6.07, 6.45) is -5.53. The number of halogens is 3. The number of carbonyl (C=O) groups excluding carboxylic acids is 1. The van der Waals surface area contributed by atoms with Crippen molar-refractivity contribution >= 4 is 11.5 Å². The maximum Gasteiger partial charge on any atom is 0.389 e. The van der Waals surface area contributed by atoms with Crippen LogP contribution in [-0.4, -0.2) is 24.7 Å². The molecule has 0 atom stereocenters. The number of hydrogen-bond acceptors (Lipinski definition) is 2. The van der Waals surface area contributed by atoms with E-state index in [-0.39, 0.29) is 12.1 Å². The minimum Gasteiger partial charge on any atom is -0.293 e. The third-order valence-corrected chi connectivity index (χ3v) is 1.32. The SMILES string of the molecule is CN=C(CCC(F)(F)F)C(C)=O. The summed E-state index contributed by atoms with van der Waals surface area (Å²) < 4.78 is 34.9. The lowest BCUT2D eigenvalue weighted by Crippen LogP contribution is -2.15. The van der Waals surface area contributed by atoms with E-state index in [1.165, 1.54) is 14.0 Å². The second-order valence-electron chi connectivity index (χ2n) is 2.34. The highest BCUT2D eigenvalue weighted by molar-refractivity contribution is 6.38. The Kier molecular flexibility index (Phi) is 3.92. The summed E-state index contributed by atoms with van der Waals surface area (Å²) in [6.45, 7) is 1.21. The lowest BCUT2D eigenvalue weighted by Gasteiger charge is -2.05. The van der Waals surface area contributed by atoms with Crippen molar-refractivity contribution in [2.24, 2.45) is 4.99 Å². The molecule has 0 aromatic carbocycles. The Bertz CT molecular complexity index is 195. The van der Waals surface area contributed by atoms with Gasteiger partial charge in [-0.25, -0.2) is 0 Å². The molecule has 0 aromatic heterocycles. The highest BCUT2D eigenvalue weighted by atomic mass is 19.4. The van der Waals surface area contributed by atoms with Crippen LogP contribution in [0.15, 0.2) is 4.99 Å². The van der Waals surface area contributed by atoms with Gasteiger partial charge in [-0.1, -0.05) is 0 Å². The highest BCUT2D eigenvalue weighted by Gasteiger charge is 2.27. The first-order valence-electron chi connectivity index (χ1n) is 3.40. The molecule has 0 saturated heterocycles. The van der Waals surface area contributed by atoms with Gasteiger partial charge < -0.3 is 0 Å². The van der Waals surface area contributed by atoms with Crippen molar-refractivity contribution in [3.63, 3.8) is 0 Å². The van der Waals surface area contributed by atoms with Crippen molar-refractivity contribution in [1.82, 2.24) is 0 Å². The molecule has 0 bridgehead atoms. The van der Waals surface area contributed by atoms with Gasteiger partial charge in [-0.05, 0) is 0 Å². The number of carbonyl (C=O) groups is 1. The second-order valence-corrected chi connectivity index (χ2v) is 2.34. The first kappa shape index (κ1) is 11.1. The van der Waals surface area contributed by atoms with Crippen LogP contribution >= 0.6 is 0 Å². The standard InChI is InChI=1S/C7H10F3NO/c1-5(12)6(11-2)3-4-7(8,9)10/h3-4H2,1-2H3. The van der Waals surface area contributed by atoms with Gasteiger partial charge in [0.2, 0.25) is 0 Å². The average molecular weight is 181 g/mol. The fourth-order valence-corrected chi connectivity index (χ4v) is 0.705. The zero-order chi connectivity index (χ0) is 9.78. The van der Waals surface area contributed by atoms with Gasteiger partial charge in [0, 0.05) is 26.8 Å². The summed E-state index contributed by atoms with van der Waals surface area (Å²) >= 11 is 0. The van der Waals surface area contributed by atoms with E-state index in [9.17, 15) is 18.0 Å². The first-order chi connectivity index (χ1) is 5.37. The molecule has 0 aliphatic heterocycles. The molecule has 0 amide bonds. The summed E-state index contributed by atoms with van der Waals surface area (Å²) in [5.41, 5.74) is -0.00711. The third kappa shape index (κ3) is 4.87. The lowest BCUT2D eigenvalue weighted by atomic mass is 10.1. The van der Waals surface area contributed by atoms with E-state index in [0.29, 0.717) is 0 Å². The van der Waals surface area contributed by atoms with Gasteiger partial charge in [0.25, 0.3) is 0 Å². The van der Waals surface area contributed by atoms with Crippen molar-refractivity contribution in [2.45, 2.75) is 25.9 Å². The minimum atomic E-state index is -4.22. The average Bonchev–Trinajstić information content (AvgIpc) is 1.85. The van der Waals surface area contributed by atoms with Gasteiger partial charge in [0.15, 0.2) is 5.78 Å². The molecular formula is C7H10F3NO. The molecule has 0 rings (SSSR count). The van der Waals surface area contributed by atoms with Crippen LogP contribution in [0.4, 0.5) is 13.2 Å². The molecule has 2 nitrogen and oxygen atoms in total. The van der Waals surface area contributed by atoms with Crippen LogP contribution in [0.25, 0.3) is 0 Å². The van der Waals surface area contributed by atoms with E-state index >= 15 is 0 Å². The Labute approximate surface area is 68.5 Å². The molecule has 12 heavy (non-hydrogen) atoms. The number of hydrogen-bond donors (Lipinski definition) is 0. The molecule has 0 aliphatic rings. The number of aliphatic imine (C=N–C) groups is 1. The van der Waals surface area contributed by atoms with Crippen LogP contribution < -0.4 is 0 Å². The van der Waals surface area contributed by atoms with Gasteiger partial charge in [-0.3, -0.25) is 9.79 Å². The van der Waals surface area contributed by atoms with Crippen LogP contribution in [-0.2, 0) is 4.79 Å². The van der Waals surface area contributed by atoms with E-state index in [0.717, 1.165) is 0 Å². The monoisotopic (exact) mass is 181 g/mol. The maximum absolute atomic E-state index is 11.6. The zero-order valence-electron chi connectivity index (χ0n) is 6.90. The predicted octanol–water partition coefficient (Wildman–Crippen LogP) is 1.99. The van der Waals surface area contributed by atoms with Gasteiger partial charge in [-0.2, -0.15) is 13.2 Å². The fourth-order valence-electron chi connectivity index (χ4n) is 0.705. The fraction of sp³-hybridized carbons (Fsp3) is 0.714. The molecule has 0 radical (unpaired) electrons. The number of alkyl halides is 3. The summed E-state index contributed by atoms with van der Waals surface area (Å²) in [6, 6.07) is 0. The van der Waals surface area contributed by atoms with Gasteiger partial charge >= 0.3 is 6.18 Å². The Balaban J connectivity index is 4.00. The Morgan fingerprint density at radius 3 is 2.17 bits per heavy atom. The van der Waals surface area contributed by atoms with Crippen LogP contribution in [0.1, 0.15) is 19.8 Å². The van der Waals surface area contributed by atoms with E-state index in [2.05, 4.69) is 4.99 Å². The van der Waals surface area contributed by atoms with Crippen molar-refractivity contribution in [3.05, 3.63) is 0 Å². The van der Waals surface area contributed by atoms with E-state index < -0.39 is 18.4 Å². The number of rotatable bonds is 3. The third-order valence-electron chi connectivity index (χ3n) is 1.32. The van der Waals surface area contributed by atoms with Gasteiger partial charge in [0.05, 0.1) is 5.71 Å². The van der Waals surface area contributed by atoms with Crippen molar-refractivity contribution in [1.29, 1.82) is 0 Å². The Morgan fingerprint density at radius 2 is 1.92 bits per heavy atom. The molecule has 0 unspecified atom stereocenters. The largest absolute Gasteiger partial charge is 0.389 e. The minimum absolute atomic E-state index is 0.00711. The summed E-state index contributed by atoms with van der Waals surface area (Å²) in [5.74, 6) is -0.401. The maximum atomic E-state index is 11.6. The molecule has 0 fully saturated rings. The highest BCUT2D eigenvalue weighted by Crippen LogP contribution is 2.21. The molecule has 0 aliphatic carbocycles. The van der Waals surface area contributed by atoms with E-state index in [4.69, 9.17) is 0 Å². The van der Waals surface area contributed by atoms with E-state index in [1.54, 1.807) is 0 Å². The molecule has 0 spiro atoms. The van der Waals surface area contributed by atoms with Crippen molar-refractivity contribution < 1.29 is 18.0 Å². The Morgan fingerprint density at radius 1 is 1.42 bits per heavy atom. The van der Waals surface area contributed by atoms with E-state index in [1.807, 2.05) is 0 Å². The summed E-state index contributed by atoms with van der Waals surface area (Å²) in [5, 5.41) is 0. The van der Waals surface area contributed by atoms with Gasteiger partial charge in [-0.15, -0.1) is 0 Å². The van der Waals surface area contributed by atoms with Gasteiger partial charge in [0.1, 0.15) is 0 Å². The molecular weight excluding hydrogens is 171 g/mol. The summed E-state index contributed by atoms with van der Waals surface area (Å²) in [7, 11) is 1.31. The summed E-state index contributed by atoms with van der Waals surface area (Å²) in [4.78, 5) is 14.1. The quantitative estimate of drug-likeness (QED) is 0.612. The number of ketones is 1. The van der Waals surface area contributed by atoms with Crippen LogP contribution in [0.2, 0.25) is 0 Å². The first-order valence-corrected chi connectivity index (χ1v) is 3.40. The molecule has 0 heterocycles. The smallest absolute Gasteiger partial charge is 0.293 e.